The maximum Gasteiger partial charge on any atom is 0.501 e. The molecule has 1 aromatic carbocycles. The van der Waals surface area contributed by atoms with Gasteiger partial charge >= 0.3 is 5.51 Å². The fourth-order valence-electron chi connectivity index (χ4n) is 1.38. The number of nitrogen functional groups attached to an aromatic ring is 1. The Morgan fingerprint density at radius 1 is 1.33 bits per heavy atom. The van der Waals surface area contributed by atoms with E-state index < -0.39 is 25.3 Å². The van der Waals surface area contributed by atoms with Crippen molar-refractivity contribution < 1.29 is 21.6 Å². The summed E-state index contributed by atoms with van der Waals surface area (Å²) in [6, 6.07) is 2.84. The van der Waals surface area contributed by atoms with Gasteiger partial charge in [-0.05, 0) is 18.2 Å². The van der Waals surface area contributed by atoms with E-state index in [1.54, 1.807) is 0 Å². The summed E-state index contributed by atoms with van der Waals surface area (Å²) in [6.45, 7) is 0. The summed E-state index contributed by atoms with van der Waals surface area (Å²) in [7, 11) is -5.51. The summed E-state index contributed by atoms with van der Waals surface area (Å²) < 4.78 is 59.9. The largest absolute Gasteiger partial charge is 0.501 e. The average molecular weight is 342 g/mol. The number of hydrogen-bond donors (Lipinski definition) is 3. The van der Waals surface area contributed by atoms with Crippen molar-refractivity contribution in [2.45, 2.75) is 10.4 Å². The number of benzene rings is 1. The van der Waals surface area contributed by atoms with Gasteiger partial charge in [0.05, 0.1) is 9.92 Å². The minimum absolute atomic E-state index is 0.0277. The molecule has 0 amide bonds. The number of sulfone groups is 1. The lowest BCUT2D eigenvalue weighted by Gasteiger charge is -2.10. The molecule has 2 aromatic rings. The van der Waals surface area contributed by atoms with Crippen molar-refractivity contribution in [1.29, 1.82) is 0 Å². The Balaban J connectivity index is 2.34. The number of nitrogens with two attached hydrogens (primary N) is 1. The van der Waals surface area contributed by atoms with Crippen molar-refractivity contribution in [3.05, 3.63) is 23.2 Å². The number of H-pyrrole nitrogens is 1. The summed E-state index contributed by atoms with van der Waals surface area (Å²) in [5.41, 5.74) is 0.0594. The molecule has 1 heterocycles. The van der Waals surface area contributed by atoms with Gasteiger partial charge in [-0.3, -0.25) is 0 Å². The molecule has 12 heteroatoms. The van der Waals surface area contributed by atoms with Crippen molar-refractivity contribution in [1.82, 2.24) is 15.2 Å². The molecule has 0 bridgehead atoms. The third kappa shape index (κ3) is 3.03. The first-order valence-electron chi connectivity index (χ1n) is 5.17. The number of alkyl halides is 3. The molecular formula is C9H7ClF3N5O2S. The van der Waals surface area contributed by atoms with Gasteiger partial charge in [0, 0.05) is 5.69 Å². The van der Waals surface area contributed by atoms with Crippen molar-refractivity contribution >= 4 is 39.0 Å². The Kier molecular flexibility index (Phi) is 3.72. The van der Waals surface area contributed by atoms with E-state index in [0.29, 0.717) is 0 Å². The van der Waals surface area contributed by atoms with Crippen molar-refractivity contribution in [2.75, 3.05) is 11.1 Å². The lowest BCUT2D eigenvalue weighted by molar-refractivity contribution is -0.0435. The first-order chi connectivity index (χ1) is 9.61. The van der Waals surface area contributed by atoms with Gasteiger partial charge in [-0.25, -0.2) is 13.5 Å². The predicted molar refractivity (Wildman–Crippen MR) is 68.8 cm³/mol. The van der Waals surface area contributed by atoms with Crippen LogP contribution in [0.4, 0.5) is 30.8 Å². The summed E-state index contributed by atoms with van der Waals surface area (Å²) in [5, 5.41) is 7.98. The molecule has 0 spiro atoms. The molecule has 0 atom stereocenters. The highest BCUT2D eigenvalue weighted by molar-refractivity contribution is 7.92. The van der Waals surface area contributed by atoms with Crippen molar-refractivity contribution in [2.24, 2.45) is 0 Å². The minimum Gasteiger partial charge on any atom is -0.368 e. The van der Waals surface area contributed by atoms with Gasteiger partial charge in [0.25, 0.3) is 9.84 Å². The first-order valence-corrected chi connectivity index (χ1v) is 7.03. The standard InChI is InChI=1S/C9H7ClF3N5O2S/c10-5-3-4(15-8-16-7(14)17-18-8)1-2-6(5)21(19,20)9(11,12)13/h1-3H,(H4,14,15,16,17,18). The number of halogens is 4. The molecule has 21 heavy (non-hydrogen) atoms. The Morgan fingerprint density at radius 3 is 2.48 bits per heavy atom. The predicted octanol–water partition coefficient (Wildman–Crippen LogP) is 2.08. The van der Waals surface area contributed by atoms with E-state index in [1.807, 2.05) is 0 Å². The third-order valence-corrected chi connectivity index (χ3v) is 4.25. The smallest absolute Gasteiger partial charge is 0.368 e. The van der Waals surface area contributed by atoms with Crippen LogP contribution in [0.5, 0.6) is 0 Å². The molecule has 0 saturated heterocycles. The molecule has 114 valence electrons. The highest BCUT2D eigenvalue weighted by atomic mass is 35.5. The molecule has 0 aliphatic rings. The molecule has 4 N–H and O–H groups in total. The molecule has 0 radical (unpaired) electrons. The van der Waals surface area contributed by atoms with Crippen LogP contribution in [0.2, 0.25) is 5.02 Å². The van der Waals surface area contributed by atoms with Crippen LogP contribution in [0.15, 0.2) is 23.1 Å². The molecule has 0 saturated carbocycles. The fraction of sp³-hybridized carbons (Fsp3) is 0.111. The van der Waals surface area contributed by atoms with Crippen LogP contribution >= 0.6 is 11.6 Å². The molecule has 0 aliphatic heterocycles. The number of anilines is 3. The van der Waals surface area contributed by atoms with Gasteiger partial charge in [0.2, 0.25) is 11.9 Å². The molecule has 7 nitrogen and oxygen atoms in total. The molecular weight excluding hydrogens is 335 g/mol. The molecule has 1 aromatic heterocycles. The summed E-state index contributed by atoms with van der Waals surface area (Å²) >= 11 is 5.60. The molecule has 2 rings (SSSR count). The quantitative estimate of drug-likeness (QED) is 0.787. The van der Waals surface area contributed by atoms with Gasteiger partial charge in [0.1, 0.15) is 0 Å². The maximum atomic E-state index is 12.4. The summed E-state index contributed by atoms with van der Waals surface area (Å²) in [4.78, 5) is 2.67. The van der Waals surface area contributed by atoms with Crippen LogP contribution in [-0.4, -0.2) is 29.1 Å². The van der Waals surface area contributed by atoms with Crippen LogP contribution in [0, 0.1) is 0 Å². The number of nitrogens with zero attached hydrogens (tertiary/aromatic N) is 2. The number of aromatic nitrogens is 3. The van der Waals surface area contributed by atoms with Gasteiger partial charge in [-0.15, -0.1) is 5.10 Å². The van der Waals surface area contributed by atoms with E-state index in [9.17, 15) is 21.6 Å². The molecule has 0 fully saturated rings. The lowest BCUT2D eigenvalue weighted by Crippen LogP contribution is -2.23. The highest BCUT2D eigenvalue weighted by Crippen LogP contribution is 2.35. The highest BCUT2D eigenvalue weighted by Gasteiger charge is 2.47. The molecule has 0 unspecified atom stereocenters. The van der Waals surface area contributed by atoms with Crippen LogP contribution < -0.4 is 11.1 Å². The average Bonchev–Trinajstić information content (AvgIpc) is 2.73. The zero-order valence-electron chi connectivity index (χ0n) is 9.94. The maximum absolute atomic E-state index is 12.4. The van der Waals surface area contributed by atoms with Gasteiger partial charge in [-0.1, -0.05) is 11.6 Å². The lowest BCUT2D eigenvalue weighted by atomic mass is 10.3. The normalized spacial score (nSPS) is 12.4. The fourth-order valence-corrected chi connectivity index (χ4v) is 2.68. The zero-order valence-corrected chi connectivity index (χ0v) is 11.5. The van der Waals surface area contributed by atoms with Crippen LogP contribution in [0.1, 0.15) is 0 Å². The Labute approximate surface area is 121 Å². The summed E-state index contributed by atoms with van der Waals surface area (Å²) in [5.74, 6) is 0.0786. The van der Waals surface area contributed by atoms with Crippen LogP contribution in [0.25, 0.3) is 0 Å². The Bertz CT molecular complexity index is 774. The van der Waals surface area contributed by atoms with Crippen molar-refractivity contribution in [3.8, 4) is 0 Å². The van der Waals surface area contributed by atoms with E-state index in [0.717, 1.165) is 18.2 Å². The van der Waals surface area contributed by atoms with Gasteiger partial charge < -0.3 is 11.1 Å². The molecule has 0 aliphatic carbocycles. The number of nitrogens with one attached hydrogen (secondary N) is 2. The van der Waals surface area contributed by atoms with E-state index in [-0.39, 0.29) is 17.6 Å². The van der Waals surface area contributed by atoms with E-state index in [4.69, 9.17) is 17.3 Å². The third-order valence-electron chi connectivity index (χ3n) is 2.28. The topological polar surface area (TPSA) is 114 Å². The number of hydrogen-bond acceptors (Lipinski definition) is 6. The van der Waals surface area contributed by atoms with E-state index in [2.05, 4.69) is 20.5 Å². The van der Waals surface area contributed by atoms with Gasteiger partial charge in [0.15, 0.2) is 0 Å². The minimum atomic E-state index is -5.51. The Morgan fingerprint density at radius 2 is 2.00 bits per heavy atom. The first kappa shape index (κ1) is 15.4. The SMILES string of the molecule is Nc1nc(Nc2ccc(S(=O)(=O)C(F)(F)F)c(Cl)c2)n[nH]1. The van der Waals surface area contributed by atoms with Crippen LogP contribution in [-0.2, 0) is 9.84 Å². The van der Waals surface area contributed by atoms with Gasteiger partial charge in [-0.2, -0.15) is 18.2 Å². The number of aromatic amines is 1. The Hall–Kier alpha value is -2.01. The second-order valence-electron chi connectivity index (χ2n) is 3.76. The van der Waals surface area contributed by atoms with E-state index in [1.165, 1.54) is 0 Å². The van der Waals surface area contributed by atoms with Crippen LogP contribution in [0.3, 0.4) is 0 Å². The second-order valence-corrected chi connectivity index (χ2v) is 6.08. The zero-order chi connectivity index (χ0) is 15.8. The van der Waals surface area contributed by atoms with Crippen molar-refractivity contribution in [3.63, 3.8) is 0 Å². The monoisotopic (exact) mass is 341 g/mol. The van der Waals surface area contributed by atoms with E-state index >= 15 is 0 Å². The summed E-state index contributed by atoms with van der Waals surface area (Å²) in [6.07, 6.45) is 0. The second kappa shape index (κ2) is 5.07. The number of rotatable bonds is 3.